The van der Waals surface area contributed by atoms with Crippen LogP contribution in [0.3, 0.4) is 0 Å². The lowest BCUT2D eigenvalue weighted by Gasteiger charge is -2.34. The third-order valence-electron chi connectivity index (χ3n) is 4.00. The molecular weight excluding hydrogens is 332 g/mol. The summed E-state index contributed by atoms with van der Waals surface area (Å²) in [6, 6.07) is 7.00. The highest BCUT2D eigenvalue weighted by Gasteiger charge is 2.19. The monoisotopic (exact) mass is 350 g/mol. The van der Waals surface area contributed by atoms with Crippen LogP contribution in [0, 0.1) is 0 Å². The minimum Gasteiger partial charge on any atom is -0.344 e. The fraction of sp³-hybridized carbons (Fsp3) is 0.467. The van der Waals surface area contributed by atoms with Crippen LogP contribution in [0.15, 0.2) is 33.5 Å². The van der Waals surface area contributed by atoms with Crippen molar-refractivity contribution in [2.24, 2.45) is 0 Å². The molecule has 116 valence electrons. The Morgan fingerprint density at radius 1 is 1.00 bits per heavy atom. The van der Waals surface area contributed by atoms with Crippen LogP contribution in [-0.2, 0) is 6.54 Å². The number of piperazine rings is 1. The Morgan fingerprint density at radius 2 is 1.82 bits per heavy atom. The van der Waals surface area contributed by atoms with Gasteiger partial charge in [0, 0.05) is 54.0 Å². The number of benzene rings is 1. The molecule has 1 aromatic carbocycles. The van der Waals surface area contributed by atoms with Gasteiger partial charge in [-0.15, -0.1) is 33.7 Å². The summed E-state index contributed by atoms with van der Waals surface area (Å²) in [4.78, 5) is 7.82. The number of hydrogen-bond acceptors (Lipinski definition) is 7. The second kappa shape index (κ2) is 6.78. The van der Waals surface area contributed by atoms with Gasteiger partial charge < -0.3 is 4.90 Å². The first-order chi connectivity index (χ1) is 10.9. The highest BCUT2D eigenvalue weighted by molar-refractivity contribution is 8.05. The first kappa shape index (κ1) is 14.8. The van der Waals surface area contributed by atoms with E-state index in [1.165, 1.54) is 26.9 Å². The lowest BCUT2D eigenvalue weighted by Crippen LogP contribution is -2.45. The van der Waals surface area contributed by atoms with Gasteiger partial charge in [-0.2, -0.15) is 0 Å². The molecule has 7 heteroatoms. The Kier molecular flexibility index (Phi) is 4.56. The van der Waals surface area contributed by atoms with Crippen LogP contribution in [0.2, 0.25) is 0 Å². The zero-order valence-electron chi connectivity index (χ0n) is 12.3. The lowest BCUT2D eigenvalue weighted by atomic mass is 10.2. The predicted octanol–water partition coefficient (Wildman–Crippen LogP) is 3.06. The fourth-order valence-electron chi connectivity index (χ4n) is 2.85. The van der Waals surface area contributed by atoms with Crippen molar-refractivity contribution in [3.05, 3.63) is 29.3 Å². The van der Waals surface area contributed by atoms with Gasteiger partial charge in [-0.25, -0.2) is 0 Å². The topological polar surface area (TPSA) is 32.3 Å². The molecule has 0 unspecified atom stereocenters. The Morgan fingerprint density at radius 3 is 2.59 bits per heavy atom. The summed E-state index contributed by atoms with van der Waals surface area (Å²) in [6.45, 7) is 5.34. The van der Waals surface area contributed by atoms with E-state index in [9.17, 15) is 0 Å². The number of anilines is 1. The van der Waals surface area contributed by atoms with Crippen LogP contribution in [0.1, 0.15) is 5.56 Å². The summed E-state index contributed by atoms with van der Waals surface area (Å²) < 4.78 is 0. The first-order valence-electron chi connectivity index (χ1n) is 7.50. The van der Waals surface area contributed by atoms with Gasteiger partial charge in [0.15, 0.2) is 0 Å². The Hall–Kier alpha value is -0.760. The molecule has 0 spiro atoms. The maximum absolute atomic E-state index is 4.17. The molecule has 4 rings (SSSR count). The van der Waals surface area contributed by atoms with Crippen molar-refractivity contribution >= 4 is 40.0 Å². The van der Waals surface area contributed by atoms with Crippen molar-refractivity contribution in [1.82, 2.24) is 15.1 Å². The summed E-state index contributed by atoms with van der Waals surface area (Å²) in [6.07, 6.45) is 0. The maximum Gasteiger partial charge on any atom is 0.208 e. The largest absolute Gasteiger partial charge is 0.344 e. The molecule has 0 amide bonds. The average molecular weight is 351 g/mol. The smallest absolute Gasteiger partial charge is 0.208 e. The van der Waals surface area contributed by atoms with E-state index in [2.05, 4.69) is 38.2 Å². The summed E-state index contributed by atoms with van der Waals surface area (Å²) in [5.74, 6) is 2.48. The molecule has 2 aliphatic heterocycles. The van der Waals surface area contributed by atoms with Gasteiger partial charge in [0.1, 0.15) is 5.51 Å². The molecule has 1 saturated heterocycles. The second-order valence-electron chi connectivity index (χ2n) is 5.46. The normalized spacial score (nSPS) is 19.2. The second-order valence-corrected chi connectivity index (χ2v) is 8.55. The van der Waals surface area contributed by atoms with Gasteiger partial charge in [-0.3, -0.25) is 4.90 Å². The van der Waals surface area contributed by atoms with Crippen molar-refractivity contribution in [3.8, 4) is 0 Å². The number of fused-ring (bicyclic) bond motifs is 1. The van der Waals surface area contributed by atoms with Crippen LogP contribution >= 0.6 is 34.9 Å². The molecule has 2 aromatic rings. The van der Waals surface area contributed by atoms with Crippen LogP contribution in [-0.4, -0.2) is 52.8 Å². The number of hydrogen-bond donors (Lipinski definition) is 0. The summed E-state index contributed by atoms with van der Waals surface area (Å²) in [5, 5.41) is 9.16. The van der Waals surface area contributed by atoms with Crippen LogP contribution in [0.25, 0.3) is 0 Å². The molecule has 0 N–H and O–H groups in total. The van der Waals surface area contributed by atoms with E-state index in [1.54, 1.807) is 11.3 Å². The molecule has 2 aliphatic rings. The van der Waals surface area contributed by atoms with Gasteiger partial charge >= 0.3 is 0 Å². The van der Waals surface area contributed by atoms with Crippen molar-refractivity contribution < 1.29 is 0 Å². The SMILES string of the molecule is c1nnc(N2CCN(Cc3ccc4c(c3)SCCS4)CC2)s1. The average Bonchev–Trinajstić information content (AvgIpc) is 3.10. The predicted molar refractivity (Wildman–Crippen MR) is 95.3 cm³/mol. The van der Waals surface area contributed by atoms with E-state index in [0.717, 1.165) is 37.9 Å². The van der Waals surface area contributed by atoms with E-state index < -0.39 is 0 Å². The number of aromatic nitrogens is 2. The minimum absolute atomic E-state index is 1.05. The Bertz CT molecular complexity index is 624. The van der Waals surface area contributed by atoms with Gasteiger partial charge in [0.2, 0.25) is 5.13 Å². The molecule has 1 fully saturated rings. The maximum atomic E-state index is 4.17. The summed E-state index contributed by atoms with van der Waals surface area (Å²) in [7, 11) is 0. The van der Waals surface area contributed by atoms with Crippen molar-refractivity contribution in [3.63, 3.8) is 0 Å². The van der Waals surface area contributed by atoms with Gasteiger partial charge in [-0.1, -0.05) is 17.4 Å². The Balaban J connectivity index is 1.36. The van der Waals surface area contributed by atoms with E-state index in [1.807, 2.05) is 29.0 Å². The highest BCUT2D eigenvalue weighted by Crippen LogP contribution is 2.37. The van der Waals surface area contributed by atoms with Crippen LogP contribution < -0.4 is 4.90 Å². The van der Waals surface area contributed by atoms with Crippen LogP contribution in [0.5, 0.6) is 0 Å². The molecule has 0 saturated carbocycles. The van der Waals surface area contributed by atoms with Crippen molar-refractivity contribution in [2.75, 3.05) is 42.6 Å². The van der Waals surface area contributed by atoms with Crippen molar-refractivity contribution in [2.45, 2.75) is 16.3 Å². The fourth-order valence-corrected chi connectivity index (χ4v) is 5.73. The third kappa shape index (κ3) is 3.27. The van der Waals surface area contributed by atoms with Crippen LogP contribution in [0.4, 0.5) is 5.13 Å². The molecule has 0 bridgehead atoms. The standard InChI is InChI=1S/C15H18N4S3/c1-2-13-14(21-8-7-20-13)9-12(1)10-18-3-5-19(6-4-18)15-17-16-11-22-15/h1-2,9,11H,3-8,10H2. The third-order valence-corrected chi connectivity index (χ3v) is 7.27. The summed E-state index contributed by atoms with van der Waals surface area (Å²) in [5.41, 5.74) is 3.25. The van der Waals surface area contributed by atoms with Gasteiger partial charge in [0.25, 0.3) is 0 Å². The Labute approximate surface area is 143 Å². The summed E-state index contributed by atoms with van der Waals surface area (Å²) >= 11 is 5.62. The number of thioether (sulfide) groups is 2. The molecule has 0 atom stereocenters. The van der Waals surface area contributed by atoms with E-state index in [-0.39, 0.29) is 0 Å². The van der Waals surface area contributed by atoms with Gasteiger partial charge in [0.05, 0.1) is 0 Å². The zero-order chi connectivity index (χ0) is 14.8. The molecule has 22 heavy (non-hydrogen) atoms. The molecule has 0 radical (unpaired) electrons. The van der Waals surface area contributed by atoms with E-state index in [4.69, 9.17) is 0 Å². The number of nitrogens with zero attached hydrogens (tertiary/aromatic N) is 4. The van der Waals surface area contributed by atoms with Gasteiger partial charge in [-0.05, 0) is 17.7 Å². The molecule has 3 heterocycles. The minimum atomic E-state index is 1.05. The van der Waals surface area contributed by atoms with Crippen molar-refractivity contribution in [1.29, 1.82) is 0 Å². The van der Waals surface area contributed by atoms with E-state index in [0.29, 0.717) is 0 Å². The number of rotatable bonds is 3. The lowest BCUT2D eigenvalue weighted by molar-refractivity contribution is 0.249. The quantitative estimate of drug-likeness (QED) is 0.846. The molecule has 4 nitrogen and oxygen atoms in total. The zero-order valence-corrected chi connectivity index (χ0v) is 14.7. The highest BCUT2D eigenvalue weighted by atomic mass is 32.2. The van der Waals surface area contributed by atoms with E-state index >= 15 is 0 Å². The first-order valence-corrected chi connectivity index (χ1v) is 10.4. The molecular formula is C15H18N4S3. The molecule has 0 aliphatic carbocycles. The molecule has 1 aromatic heterocycles.